The summed E-state index contributed by atoms with van der Waals surface area (Å²) in [4.78, 5) is 30.2. The summed E-state index contributed by atoms with van der Waals surface area (Å²) in [5, 5.41) is 12.9. The number of anilines is 1. The molecule has 3 aromatic carbocycles. The predicted molar refractivity (Wildman–Crippen MR) is 160 cm³/mol. The van der Waals surface area contributed by atoms with Crippen molar-refractivity contribution in [2.45, 2.75) is 45.4 Å². The Kier molecular flexibility index (Phi) is 10.4. The van der Waals surface area contributed by atoms with Crippen LogP contribution in [0.15, 0.2) is 72.8 Å². The van der Waals surface area contributed by atoms with Crippen LogP contribution in [0.5, 0.6) is 11.5 Å². The fourth-order valence-corrected chi connectivity index (χ4v) is 5.13. The predicted octanol–water partition coefficient (Wildman–Crippen LogP) is 4.16. The number of hydrogen-bond donors (Lipinski definition) is 2. The Hall–Kier alpha value is -3.88. The maximum atomic E-state index is 13.5. The van der Waals surface area contributed by atoms with E-state index in [2.05, 4.69) is 36.3 Å². The third kappa shape index (κ3) is 8.31. The van der Waals surface area contributed by atoms with Crippen molar-refractivity contribution < 1.29 is 24.2 Å². The fraction of sp³-hybridized carbons (Fsp3) is 0.394. The summed E-state index contributed by atoms with van der Waals surface area (Å²) in [6.07, 6.45) is 0.160. The van der Waals surface area contributed by atoms with Crippen LogP contribution in [0.3, 0.4) is 0 Å². The third-order valence-electron chi connectivity index (χ3n) is 7.51. The van der Waals surface area contributed by atoms with E-state index in [4.69, 9.17) is 9.47 Å². The average Bonchev–Trinajstić information content (AvgIpc) is 3.01. The molecule has 218 valence electrons. The lowest BCUT2D eigenvalue weighted by atomic mass is 10.0. The molecule has 0 spiro atoms. The number of aliphatic hydroxyl groups is 1. The summed E-state index contributed by atoms with van der Waals surface area (Å²) >= 11 is 0. The Balaban J connectivity index is 1.55. The molecule has 0 saturated heterocycles. The van der Waals surface area contributed by atoms with Crippen LogP contribution in [0, 0.1) is 5.92 Å². The molecule has 1 aliphatic heterocycles. The first-order valence-corrected chi connectivity index (χ1v) is 14.1. The molecule has 0 radical (unpaired) electrons. The van der Waals surface area contributed by atoms with Gasteiger partial charge in [0.15, 0.2) is 0 Å². The summed E-state index contributed by atoms with van der Waals surface area (Å²) in [6, 6.07) is 22.7. The molecule has 1 aliphatic rings. The molecule has 2 amide bonds. The van der Waals surface area contributed by atoms with E-state index in [1.54, 1.807) is 12.0 Å². The number of benzene rings is 3. The third-order valence-corrected chi connectivity index (χ3v) is 7.51. The highest BCUT2D eigenvalue weighted by atomic mass is 16.5. The number of likely N-dealkylation sites (N-methyl/N-ethyl adjacent to an activating group) is 1. The van der Waals surface area contributed by atoms with Gasteiger partial charge >= 0.3 is 0 Å². The highest BCUT2D eigenvalue weighted by Crippen LogP contribution is 2.29. The van der Waals surface area contributed by atoms with Crippen LogP contribution in [0.25, 0.3) is 0 Å². The first kappa shape index (κ1) is 30.1. The fourth-order valence-electron chi connectivity index (χ4n) is 5.13. The molecule has 0 unspecified atom stereocenters. The van der Waals surface area contributed by atoms with Crippen molar-refractivity contribution in [2.75, 3.05) is 39.2 Å². The molecule has 1 heterocycles. The molecule has 8 nitrogen and oxygen atoms in total. The monoisotopic (exact) mass is 559 g/mol. The number of rotatable bonds is 10. The summed E-state index contributed by atoms with van der Waals surface area (Å²) in [6.45, 7) is 5.65. The van der Waals surface area contributed by atoms with Gasteiger partial charge in [0.2, 0.25) is 11.8 Å². The van der Waals surface area contributed by atoms with Crippen molar-refractivity contribution >= 4 is 17.5 Å². The van der Waals surface area contributed by atoms with Crippen molar-refractivity contribution in [2.24, 2.45) is 5.92 Å². The summed E-state index contributed by atoms with van der Waals surface area (Å²) in [5.41, 5.74) is 3.41. The van der Waals surface area contributed by atoms with Gasteiger partial charge in [-0.25, -0.2) is 0 Å². The van der Waals surface area contributed by atoms with E-state index in [9.17, 15) is 14.7 Å². The molecule has 0 aliphatic carbocycles. The van der Waals surface area contributed by atoms with Gasteiger partial charge in [-0.15, -0.1) is 0 Å². The quantitative estimate of drug-likeness (QED) is 0.388. The molecular formula is C33H41N3O5. The number of aliphatic hydroxyl groups excluding tert-OH is 1. The molecule has 4 rings (SSSR count). The first-order chi connectivity index (χ1) is 19.7. The zero-order valence-electron chi connectivity index (χ0n) is 24.4. The molecule has 0 fully saturated rings. The second-order valence-corrected chi connectivity index (χ2v) is 11.0. The molecule has 8 heteroatoms. The Bertz CT molecular complexity index is 1300. The summed E-state index contributed by atoms with van der Waals surface area (Å²) in [5.74, 6) is 1.24. The molecule has 0 aromatic heterocycles. The topological polar surface area (TPSA) is 91.3 Å². The van der Waals surface area contributed by atoms with E-state index in [0.717, 1.165) is 23.4 Å². The van der Waals surface area contributed by atoms with Gasteiger partial charge < -0.3 is 24.8 Å². The summed E-state index contributed by atoms with van der Waals surface area (Å²) < 4.78 is 11.9. The number of fused-ring (bicyclic) bond motifs is 1. The van der Waals surface area contributed by atoms with Gasteiger partial charge in [0.05, 0.1) is 32.6 Å². The van der Waals surface area contributed by atoms with E-state index in [1.807, 2.05) is 67.6 Å². The van der Waals surface area contributed by atoms with Crippen molar-refractivity contribution in [3.8, 4) is 11.5 Å². The number of carbonyl (C=O) groups is 2. The van der Waals surface area contributed by atoms with E-state index in [1.165, 1.54) is 0 Å². The van der Waals surface area contributed by atoms with Gasteiger partial charge in [0.1, 0.15) is 17.6 Å². The SMILES string of the molecule is COc1ccc(CN(C)C[C@H]2Oc3ccc(NC(=O)Cc4ccccc4)cc3CC(=O)N([C@H](C)CO)C[C@H]2C)cc1. The molecule has 3 aromatic rings. The average molecular weight is 560 g/mol. The number of methoxy groups -OCH3 is 1. The van der Waals surface area contributed by atoms with Gasteiger partial charge in [-0.05, 0) is 55.4 Å². The molecule has 2 N–H and O–H groups in total. The molecule has 0 bridgehead atoms. The van der Waals surface area contributed by atoms with Crippen molar-refractivity contribution in [1.82, 2.24) is 9.80 Å². The first-order valence-electron chi connectivity index (χ1n) is 14.1. The lowest BCUT2D eigenvalue weighted by Gasteiger charge is -2.34. The Labute approximate surface area is 242 Å². The number of ether oxygens (including phenoxy) is 2. The smallest absolute Gasteiger partial charge is 0.228 e. The van der Waals surface area contributed by atoms with Gasteiger partial charge in [-0.3, -0.25) is 14.5 Å². The zero-order chi connectivity index (χ0) is 29.4. The largest absolute Gasteiger partial charge is 0.497 e. The Morgan fingerprint density at radius 2 is 1.85 bits per heavy atom. The lowest BCUT2D eigenvalue weighted by Crippen LogP contribution is -2.47. The second-order valence-electron chi connectivity index (χ2n) is 11.0. The minimum absolute atomic E-state index is 0.00229. The maximum Gasteiger partial charge on any atom is 0.228 e. The van der Waals surface area contributed by atoms with Crippen LogP contribution in [0.1, 0.15) is 30.5 Å². The van der Waals surface area contributed by atoms with Crippen LogP contribution >= 0.6 is 0 Å². The van der Waals surface area contributed by atoms with Crippen molar-refractivity contribution in [3.05, 3.63) is 89.5 Å². The summed E-state index contributed by atoms with van der Waals surface area (Å²) in [7, 11) is 3.71. The number of amides is 2. The standard InChI is InChI=1S/C33H41N3O5/c1-23-19-36(24(2)22-37)33(39)18-27-17-28(34-32(38)16-25-8-6-5-7-9-25)12-15-30(27)41-31(23)21-35(3)20-26-10-13-29(40-4)14-11-26/h5-15,17,23-24,31,37H,16,18-22H2,1-4H3,(H,34,38)/t23-,24-,31-/m1/s1. The Morgan fingerprint density at radius 3 is 2.54 bits per heavy atom. The normalized spacial score (nSPS) is 18.0. The number of nitrogens with zero attached hydrogens (tertiary/aromatic N) is 2. The van der Waals surface area contributed by atoms with Crippen LogP contribution in [-0.2, 0) is 29.0 Å². The van der Waals surface area contributed by atoms with Crippen molar-refractivity contribution in [1.29, 1.82) is 0 Å². The lowest BCUT2D eigenvalue weighted by molar-refractivity contribution is -0.134. The van der Waals surface area contributed by atoms with Gasteiger partial charge in [0, 0.05) is 36.8 Å². The van der Waals surface area contributed by atoms with E-state index in [0.29, 0.717) is 30.1 Å². The second kappa shape index (κ2) is 14.1. The van der Waals surface area contributed by atoms with Gasteiger partial charge in [-0.2, -0.15) is 0 Å². The zero-order valence-corrected chi connectivity index (χ0v) is 24.4. The van der Waals surface area contributed by atoms with Crippen molar-refractivity contribution in [3.63, 3.8) is 0 Å². The van der Waals surface area contributed by atoms with Crippen LogP contribution < -0.4 is 14.8 Å². The van der Waals surface area contributed by atoms with E-state index < -0.39 is 0 Å². The number of hydrogen-bond acceptors (Lipinski definition) is 6. The van der Waals surface area contributed by atoms with Gasteiger partial charge in [-0.1, -0.05) is 49.4 Å². The number of carbonyl (C=O) groups excluding carboxylic acids is 2. The minimum Gasteiger partial charge on any atom is -0.497 e. The van der Waals surface area contributed by atoms with Gasteiger partial charge in [0.25, 0.3) is 0 Å². The highest BCUT2D eigenvalue weighted by Gasteiger charge is 2.31. The minimum atomic E-state index is -0.321. The Morgan fingerprint density at radius 1 is 1.12 bits per heavy atom. The van der Waals surface area contributed by atoms with Crippen LogP contribution in [0.2, 0.25) is 0 Å². The van der Waals surface area contributed by atoms with E-state index >= 15 is 0 Å². The van der Waals surface area contributed by atoms with E-state index in [-0.39, 0.29) is 49.3 Å². The highest BCUT2D eigenvalue weighted by molar-refractivity contribution is 5.92. The van der Waals surface area contributed by atoms with Crippen LogP contribution in [0.4, 0.5) is 5.69 Å². The molecule has 41 heavy (non-hydrogen) atoms. The molecule has 0 saturated carbocycles. The maximum absolute atomic E-state index is 13.5. The molecular weight excluding hydrogens is 518 g/mol. The molecule has 3 atom stereocenters. The van der Waals surface area contributed by atoms with Crippen LogP contribution in [-0.4, -0.2) is 72.7 Å². The number of nitrogens with one attached hydrogen (secondary N) is 1.